The van der Waals surface area contributed by atoms with Crippen molar-refractivity contribution >= 4 is 11.7 Å². The number of carbonyl (C=O) groups excluding carboxylic acids is 2. The second-order valence-electron chi connectivity index (χ2n) is 5.74. The highest BCUT2D eigenvalue weighted by molar-refractivity contribution is 5.97. The molecule has 0 aliphatic carbocycles. The van der Waals surface area contributed by atoms with E-state index in [9.17, 15) is 9.59 Å². The van der Waals surface area contributed by atoms with Crippen LogP contribution in [0.15, 0.2) is 54.7 Å². The van der Waals surface area contributed by atoms with Crippen molar-refractivity contribution < 1.29 is 9.59 Å². The number of amides is 1. The molecule has 0 saturated heterocycles. The summed E-state index contributed by atoms with van der Waals surface area (Å²) in [5, 5.41) is 0. The largest absolute Gasteiger partial charge is 0.342 e. The Bertz CT molecular complexity index is 641. The molecule has 24 heavy (non-hydrogen) atoms. The summed E-state index contributed by atoms with van der Waals surface area (Å²) in [4.78, 5) is 30.7. The lowest BCUT2D eigenvalue weighted by Gasteiger charge is -2.22. The zero-order valence-corrected chi connectivity index (χ0v) is 14.1. The van der Waals surface area contributed by atoms with Gasteiger partial charge < -0.3 is 4.90 Å². The maximum atomic E-state index is 12.4. The first kappa shape index (κ1) is 17.9. The lowest BCUT2D eigenvalue weighted by Crippen LogP contribution is -2.34. The lowest BCUT2D eigenvalue weighted by atomic mass is 10.1. The van der Waals surface area contributed by atoms with Crippen molar-refractivity contribution in [3.63, 3.8) is 0 Å². The Morgan fingerprint density at radius 2 is 1.71 bits per heavy atom. The number of hydrogen-bond donors (Lipinski definition) is 0. The summed E-state index contributed by atoms with van der Waals surface area (Å²) >= 11 is 0. The van der Waals surface area contributed by atoms with Crippen LogP contribution in [-0.2, 0) is 11.2 Å². The highest BCUT2D eigenvalue weighted by Crippen LogP contribution is 2.08. The fourth-order valence-corrected chi connectivity index (χ4v) is 2.57. The fourth-order valence-electron chi connectivity index (χ4n) is 2.57. The molecule has 0 bridgehead atoms. The first-order valence-electron chi connectivity index (χ1n) is 8.46. The minimum atomic E-state index is 0.0186. The molecular weight excluding hydrogens is 300 g/mol. The SMILES string of the molecule is CCCN(CCc1ccccn1)C(=O)CCC(=O)c1ccccc1. The molecule has 0 aliphatic heterocycles. The molecule has 126 valence electrons. The van der Waals surface area contributed by atoms with Crippen molar-refractivity contribution in [1.82, 2.24) is 9.88 Å². The molecule has 1 aromatic heterocycles. The van der Waals surface area contributed by atoms with E-state index in [1.165, 1.54) is 0 Å². The van der Waals surface area contributed by atoms with Gasteiger partial charge in [-0.05, 0) is 18.6 Å². The van der Waals surface area contributed by atoms with Crippen molar-refractivity contribution in [2.75, 3.05) is 13.1 Å². The van der Waals surface area contributed by atoms with Crippen LogP contribution in [-0.4, -0.2) is 34.7 Å². The fraction of sp³-hybridized carbons (Fsp3) is 0.350. The van der Waals surface area contributed by atoms with Crippen LogP contribution in [0.4, 0.5) is 0 Å². The van der Waals surface area contributed by atoms with E-state index >= 15 is 0 Å². The van der Waals surface area contributed by atoms with E-state index in [0.717, 1.165) is 18.5 Å². The number of rotatable bonds is 9. The van der Waals surface area contributed by atoms with Gasteiger partial charge in [0.2, 0.25) is 5.91 Å². The van der Waals surface area contributed by atoms with Crippen LogP contribution in [0, 0.1) is 0 Å². The van der Waals surface area contributed by atoms with Gasteiger partial charge in [0, 0.05) is 49.8 Å². The average molecular weight is 324 g/mol. The standard InChI is InChI=1S/C20H24N2O2/c1-2-15-22(16-13-18-10-6-7-14-21-18)20(24)12-11-19(23)17-8-4-3-5-9-17/h3-10,14H,2,11-13,15-16H2,1H3. The number of benzene rings is 1. The Kier molecular flexibility index (Phi) is 7.15. The number of ketones is 1. The molecule has 4 nitrogen and oxygen atoms in total. The summed E-state index contributed by atoms with van der Waals surface area (Å²) in [6.45, 7) is 3.41. The Morgan fingerprint density at radius 1 is 0.958 bits per heavy atom. The first-order valence-corrected chi connectivity index (χ1v) is 8.46. The number of Topliss-reactive ketones (excluding diaryl/α,β-unsaturated/α-hetero) is 1. The summed E-state index contributed by atoms with van der Waals surface area (Å²) in [7, 11) is 0. The normalized spacial score (nSPS) is 10.4. The predicted molar refractivity (Wildman–Crippen MR) is 94.8 cm³/mol. The molecular formula is C20H24N2O2. The van der Waals surface area contributed by atoms with Gasteiger partial charge in [0.1, 0.15) is 0 Å². The van der Waals surface area contributed by atoms with E-state index in [4.69, 9.17) is 0 Å². The highest BCUT2D eigenvalue weighted by atomic mass is 16.2. The summed E-state index contributed by atoms with van der Waals surface area (Å²) in [5.74, 6) is 0.0576. The van der Waals surface area contributed by atoms with Gasteiger partial charge in [-0.25, -0.2) is 0 Å². The minimum Gasteiger partial charge on any atom is -0.342 e. The van der Waals surface area contributed by atoms with Crippen molar-refractivity contribution in [2.45, 2.75) is 32.6 Å². The van der Waals surface area contributed by atoms with E-state index in [1.807, 2.05) is 41.3 Å². The molecule has 0 saturated carbocycles. The Balaban J connectivity index is 1.85. The third-order valence-corrected chi connectivity index (χ3v) is 3.87. The molecule has 0 atom stereocenters. The van der Waals surface area contributed by atoms with E-state index in [2.05, 4.69) is 11.9 Å². The van der Waals surface area contributed by atoms with Crippen molar-refractivity contribution in [2.24, 2.45) is 0 Å². The molecule has 0 aliphatic rings. The van der Waals surface area contributed by atoms with Gasteiger partial charge in [-0.2, -0.15) is 0 Å². The van der Waals surface area contributed by atoms with Gasteiger partial charge in [0.05, 0.1) is 0 Å². The van der Waals surface area contributed by atoms with E-state index in [0.29, 0.717) is 18.7 Å². The monoisotopic (exact) mass is 324 g/mol. The van der Waals surface area contributed by atoms with Gasteiger partial charge in [0.25, 0.3) is 0 Å². The highest BCUT2D eigenvalue weighted by Gasteiger charge is 2.15. The average Bonchev–Trinajstić information content (AvgIpc) is 2.64. The van der Waals surface area contributed by atoms with E-state index in [1.54, 1.807) is 18.3 Å². The number of pyridine rings is 1. The van der Waals surface area contributed by atoms with Gasteiger partial charge in [-0.3, -0.25) is 14.6 Å². The van der Waals surface area contributed by atoms with Crippen LogP contribution in [0.3, 0.4) is 0 Å². The second-order valence-corrected chi connectivity index (χ2v) is 5.74. The topological polar surface area (TPSA) is 50.3 Å². The first-order chi connectivity index (χ1) is 11.7. The Hall–Kier alpha value is -2.49. The van der Waals surface area contributed by atoms with Crippen molar-refractivity contribution in [1.29, 1.82) is 0 Å². The Labute approximate surface area is 143 Å². The maximum Gasteiger partial charge on any atom is 0.223 e. The minimum absolute atomic E-state index is 0.0186. The third kappa shape index (κ3) is 5.61. The van der Waals surface area contributed by atoms with Crippen LogP contribution in [0.1, 0.15) is 42.2 Å². The molecule has 0 radical (unpaired) electrons. The molecule has 2 aromatic rings. The van der Waals surface area contributed by atoms with E-state index < -0.39 is 0 Å². The third-order valence-electron chi connectivity index (χ3n) is 3.87. The zero-order valence-electron chi connectivity index (χ0n) is 14.1. The smallest absolute Gasteiger partial charge is 0.223 e. The van der Waals surface area contributed by atoms with E-state index in [-0.39, 0.29) is 24.5 Å². The van der Waals surface area contributed by atoms with Gasteiger partial charge in [-0.15, -0.1) is 0 Å². The van der Waals surface area contributed by atoms with Crippen LogP contribution >= 0.6 is 0 Å². The lowest BCUT2D eigenvalue weighted by molar-refractivity contribution is -0.131. The molecule has 0 fully saturated rings. The molecule has 1 heterocycles. The Morgan fingerprint density at radius 3 is 2.38 bits per heavy atom. The van der Waals surface area contributed by atoms with Gasteiger partial charge in [-0.1, -0.05) is 43.3 Å². The number of nitrogens with zero attached hydrogens (tertiary/aromatic N) is 2. The molecule has 0 unspecified atom stereocenters. The van der Waals surface area contributed by atoms with Crippen molar-refractivity contribution in [3.05, 3.63) is 66.0 Å². The molecule has 1 amide bonds. The van der Waals surface area contributed by atoms with Crippen molar-refractivity contribution in [3.8, 4) is 0 Å². The summed E-state index contributed by atoms with van der Waals surface area (Å²) in [6.07, 6.45) is 3.92. The summed E-state index contributed by atoms with van der Waals surface area (Å²) in [6, 6.07) is 14.9. The number of carbonyl (C=O) groups is 2. The molecule has 1 aromatic carbocycles. The van der Waals surface area contributed by atoms with Gasteiger partial charge >= 0.3 is 0 Å². The van der Waals surface area contributed by atoms with Crippen LogP contribution < -0.4 is 0 Å². The summed E-state index contributed by atoms with van der Waals surface area (Å²) in [5.41, 5.74) is 1.65. The maximum absolute atomic E-state index is 12.4. The van der Waals surface area contributed by atoms with Gasteiger partial charge in [0.15, 0.2) is 5.78 Å². The molecule has 2 rings (SSSR count). The molecule has 0 N–H and O–H groups in total. The molecule has 4 heteroatoms. The number of hydrogen-bond acceptors (Lipinski definition) is 3. The number of aromatic nitrogens is 1. The summed E-state index contributed by atoms with van der Waals surface area (Å²) < 4.78 is 0. The molecule has 0 spiro atoms. The van der Waals surface area contributed by atoms with Crippen LogP contribution in [0.25, 0.3) is 0 Å². The van der Waals surface area contributed by atoms with Crippen LogP contribution in [0.2, 0.25) is 0 Å². The second kappa shape index (κ2) is 9.60. The van der Waals surface area contributed by atoms with Crippen LogP contribution in [0.5, 0.6) is 0 Å². The zero-order chi connectivity index (χ0) is 17.2. The predicted octanol–water partition coefficient (Wildman–Crippen LogP) is 3.53. The quantitative estimate of drug-likeness (QED) is 0.663.